The van der Waals surface area contributed by atoms with Crippen LogP contribution in [0.25, 0.3) is 0 Å². The Bertz CT molecular complexity index is 549. The molecule has 126 valence electrons. The predicted molar refractivity (Wildman–Crippen MR) is 88.5 cm³/mol. The largest absolute Gasteiger partial charge is 0.486 e. The van der Waals surface area contributed by atoms with Crippen molar-refractivity contribution in [1.29, 1.82) is 0 Å². The predicted octanol–water partition coefficient (Wildman–Crippen LogP) is 2.19. The van der Waals surface area contributed by atoms with Crippen LogP contribution in [0.5, 0.6) is 11.5 Å². The molecule has 1 heterocycles. The monoisotopic (exact) mass is 318 g/mol. The van der Waals surface area contributed by atoms with Crippen LogP contribution in [-0.2, 0) is 4.79 Å². The van der Waals surface area contributed by atoms with Crippen molar-refractivity contribution in [3.8, 4) is 11.5 Å². The summed E-state index contributed by atoms with van der Waals surface area (Å²) in [4.78, 5) is 14.7. The van der Waals surface area contributed by atoms with Crippen molar-refractivity contribution in [2.45, 2.75) is 44.8 Å². The first-order chi connectivity index (χ1) is 11.2. The maximum atomic E-state index is 12.8. The lowest BCUT2D eigenvalue weighted by molar-refractivity contribution is -0.137. The van der Waals surface area contributed by atoms with Gasteiger partial charge in [-0.3, -0.25) is 4.79 Å². The molecule has 1 fully saturated rings. The van der Waals surface area contributed by atoms with E-state index >= 15 is 0 Å². The molecule has 1 aliphatic heterocycles. The van der Waals surface area contributed by atoms with Crippen LogP contribution in [0.2, 0.25) is 0 Å². The number of fused-ring (bicyclic) bond motifs is 1. The van der Waals surface area contributed by atoms with E-state index in [2.05, 4.69) is 6.92 Å². The zero-order valence-corrected chi connectivity index (χ0v) is 13.7. The minimum atomic E-state index is -0.115. The lowest BCUT2D eigenvalue weighted by Gasteiger charge is -2.32. The first kappa shape index (κ1) is 16.1. The fourth-order valence-corrected chi connectivity index (χ4v) is 3.46. The van der Waals surface area contributed by atoms with Crippen molar-refractivity contribution in [3.05, 3.63) is 24.3 Å². The fraction of sp³-hybridized carbons (Fsp3) is 0.611. The van der Waals surface area contributed by atoms with Crippen molar-refractivity contribution >= 4 is 5.91 Å². The Labute approximate surface area is 137 Å². The molecule has 0 radical (unpaired) electrons. The van der Waals surface area contributed by atoms with Gasteiger partial charge in [-0.05, 0) is 37.8 Å². The van der Waals surface area contributed by atoms with E-state index in [4.69, 9.17) is 15.2 Å². The molecule has 0 bridgehead atoms. The van der Waals surface area contributed by atoms with Crippen LogP contribution in [0, 0.1) is 5.92 Å². The molecule has 0 spiro atoms. The molecular weight excluding hydrogens is 292 g/mol. The van der Waals surface area contributed by atoms with Crippen molar-refractivity contribution in [3.63, 3.8) is 0 Å². The summed E-state index contributed by atoms with van der Waals surface area (Å²) in [5, 5.41) is 0. The van der Waals surface area contributed by atoms with Crippen LogP contribution in [0.3, 0.4) is 0 Å². The maximum Gasteiger partial charge on any atom is 0.225 e. The highest BCUT2D eigenvalue weighted by molar-refractivity contribution is 5.79. The van der Waals surface area contributed by atoms with Gasteiger partial charge in [0.2, 0.25) is 5.91 Å². The van der Waals surface area contributed by atoms with Gasteiger partial charge in [0.25, 0.3) is 0 Å². The van der Waals surface area contributed by atoms with Crippen LogP contribution in [0.15, 0.2) is 24.3 Å². The minimum absolute atomic E-state index is 0.0772. The molecule has 3 rings (SSSR count). The minimum Gasteiger partial charge on any atom is -0.486 e. The van der Waals surface area contributed by atoms with Crippen LogP contribution in [-0.4, -0.2) is 42.6 Å². The van der Waals surface area contributed by atoms with Gasteiger partial charge in [-0.15, -0.1) is 0 Å². The van der Waals surface area contributed by atoms with Gasteiger partial charge in [-0.25, -0.2) is 0 Å². The van der Waals surface area contributed by atoms with Gasteiger partial charge in [-0.1, -0.05) is 19.1 Å². The molecule has 1 aromatic rings. The highest BCUT2D eigenvalue weighted by Gasteiger charge is 2.32. The van der Waals surface area contributed by atoms with Gasteiger partial charge in [0, 0.05) is 18.5 Å². The van der Waals surface area contributed by atoms with E-state index < -0.39 is 0 Å². The molecule has 3 atom stereocenters. The molecule has 1 amide bonds. The molecule has 2 aliphatic rings. The average Bonchev–Trinajstić information content (AvgIpc) is 3.00. The standard InChI is InChI=1S/C18H26N2O3/c1-2-9-20(18(21)13-7-8-14(19)10-13)11-15-12-22-16-5-3-4-6-17(16)23-15/h3-6,13-15H,2,7-12,19H2,1H3/t13-,14-,15+/m0/s1. The van der Waals surface area contributed by atoms with Gasteiger partial charge in [-0.2, -0.15) is 0 Å². The number of amides is 1. The number of nitrogens with zero attached hydrogens (tertiary/aromatic N) is 1. The number of hydrogen-bond acceptors (Lipinski definition) is 4. The Morgan fingerprint density at radius 3 is 2.78 bits per heavy atom. The van der Waals surface area contributed by atoms with Crippen molar-refractivity contribution in [2.75, 3.05) is 19.7 Å². The second kappa shape index (κ2) is 7.21. The van der Waals surface area contributed by atoms with Crippen LogP contribution >= 0.6 is 0 Å². The van der Waals surface area contributed by atoms with Crippen LogP contribution < -0.4 is 15.2 Å². The number of ether oxygens (including phenoxy) is 2. The summed E-state index contributed by atoms with van der Waals surface area (Å²) in [5.74, 6) is 1.84. The molecule has 1 aliphatic carbocycles. The van der Waals surface area contributed by atoms with Gasteiger partial charge < -0.3 is 20.1 Å². The number of hydrogen-bond donors (Lipinski definition) is 1. The number of nitrogens with two attached hydrogens (primary N) is 1. The molecular formula is C18H26N2O3. The number of carbonyl (C=O) groups is 1. The molecule has 0 aromatic heterocycles. The molecule has 5 heteroatoms. The summed E-state index contributed by atoms with van der Waals surface area (Å²) in [6, 6.07) is 7.84. The molecule has 2 N–H and O–H groups in total. The van der Waals surface area contributed by atoms with E-state index in [0.29, 0.717) is 13.2 Å². The van der Waals surface area contributed by atoms with Gasteiger partial charge >= 0.3 is 0 Å². The first-order valence-electron chi connectivity index (χ1n) is 8.60. The molecule has 0 unspecified atom stereocenters. The number of carbonyl (C=O) groups excluding carboxylic acids is 1. The third kappa shape index (κ3) is 3.78. The summed E-state index contributed by atoms with van der Waals surface area (Å²) in [6.45, 7) is 3.90. The van der Waals surface area contributed by atoms with Gasteiger partial charge in [0.05, 0.1) is 6.54 Å². The quantitative estimate of drug-likeness (QED) is 0.904. The number of para-hydroxylation sites is 2. The highest BCUT2D eigenvalue weighted by atomic mass is 16.6. The number of rotatable bonds is 5. The summed E-state index contributed by atoms with van der Waals surface area (Å²) in [5.41, 5.74) is 5.96. The zero-order chi connectivity index (χ0) is 16.2. The Hall–Kier alpha value is -1.75. The molecule has 0 saturated heterocycles. The average molecular weight is 318 g/mol. The maximum absolute atomic E-state index is 12.8. The SMILES string of the molecule is CCCN(C[C@@H]1COc2ccccc2O1)C(=O)[C@H]1CC[C@H](N)C1. The lowest BCUT2D eigenvalue weighted by atomic mass is 10.1. The van der Waals surface area contributed by atoms with E-state index in [1.165, 1.54) is 0 Å². The van der Waals surface area contributed by atoms with Crippen molar-refractivity contribution in [2.24, 2.45) is 11.7 Å². The second-order valence-electron chi connectivity index (χ2n) is 6.55. The van der Waals surface area contributed by atoms with E-state index in [1.54, 1.807) is 0 Å². The van der Waals surface area contributed by atoms with Gasteiger partial charge in [0.15, 0.2) is 17.6 Å². The summed E-state index contributed by atoms with van der Waals surface area (Å²) in [6.07, 6.45) is 3.49. The third-order valence-electron chi connectivity index (χ3n) is 4.62. The van der Waals surface area contributed by atoms with Crippen molar-refractivity contribution in [1.82, 2.24) is 4.90 Å². The third-order valence-corrected chi connectivity index (χ3v) is 4.62. The topological polar surface area (TPSA) is 64.8 Å². The van der Waals surface area contributed by atoms with Gasteiger partial charge in [0.1, 0.15) is 6.61 Å². The summed E-state index contributed by atoms with van der Waals surface area (Å²) in [7, 11) is 0. The molecule has 5 nitrogen and oxygen atoms in total. The van der Waals surface area contributed by atoms with Crippen LogP contribution in [0.1, 0.15) is 32.6 Å². The first-order valence-corrected chi connectivity index (χ1v) is 8.60. The van der Waals surface area contributed by atoms with E-state index in [0.717, 1.165) is 43.7 Å². The Kier molecular flexibility index (Phi) is 5.06. The highest BCUT2D eigenvalue weighted by Crippen LogP contribution is 2.31. The van der Waals surface area contributed by atoms with Crippen molar-refractivity contribution < 1.29 is 14.3 Å². The van der Waals surface area contributed by atoms with E-state index in [9.17, 15) is 4.79 Å². The second-order valence-corrected chi connectivity index (χ2v) is 6.55. The summed E-state index contributed by atoms with van der Waals surface area (Å²) >= 11 is 0. The smallest absolute Gasteiger partial charge is 0.225 e. The Morgan fingerprint density at radius 1 is 1.30 bits per heavy atom. The zero-order valence-electron chi connectivity index (χ0n) is 13.7. The molecule has 23 heavy (non-hydrogen) atoms. The Morgan fingerprint density at radius 2 is 2.09 bits per heavy atom. The van der Waals surface area contributed by atoms with Crippen LogP contribution in [0.4, 0.5) is 0 Å². The van der Waals surface area contributed by atoms with E-state index in [1.807, 2.05) is 29.2 Å². The summed E-state index contributed by atoms with van der Waals surface area (Å²) < 4.78 is 11.8. The Balaban J connectivity index is 1.62. The molecule has 1 saturated carbocycles. The normalized spacial score (nSPS) is 26.1. The lowest BCUT2D eigenvalue weighted by Crippen LogP contribution is -2.45. The van der Waals surface area contributed by atoms with E-state index in [-0.39, 0.29) is 24.0 Å². The fourth-order valence-electron chi connectivity index (χ4n) is 3.46. The molecule has 1 aromatic carbocycles. The number of benzene rings is 1.